The first-order valence-corrected chi connectivity index (χ1v) is 7.45. The van der Waals surface area contributed by atoms with Gasteiger partial charge in [-0.3, -0.25) is 0 Å². The molecule has 0 aliphatic heterocycles. The predicted octanol–water partition coefficient (Wildman–Crippen LogP) is 4.56. The maximum absolute atomic E-state index is 6.39. The Hall–Kier alpha value is -2.17. The molecular weight excluding hydrogens is 319 g/mol. The highest BCUT2D eigenvalue weighted by Gasteiger charge is 2.13. The minimum absolute atomic E-state index is 0.390. The molecule has 4 nitrogen and oxygen atoms in total. The summed E-state index contributed by atoms with van der Waals surface area (Å²) in [6, 6.07) is 11.4. The molecule has 0 fully saturated rings. The first-order valence-electron chi connectivity index (χ1n) is 6.70. The van der Waals surface area contributed by atoms with Gasteiger partial charge in [0, 0.05) is 33.8 Å². The van der Waals surface area contributed by atoms with Gasteiger partial charge in [0.2, 0.25) is 0 Å². The summed E-state index contributed by atoms with van der Waals surface area (Å²) in [6.45, 7) is 1.92. The molecule has 108 valence electrons. The quantitative estimate of drug-likeness (QED) is 0.481. The molecule has 0 bridgehead atoms. The van der Waals surface area contributed by atoms with Gasteiger partial charge in [-0.25, -0.2) is 9.97 Å². The van der Waals surface area contributed by atoms with Crippen molar-refractivity contribution in [2.45, 2.75) is 6.92 Å². The molecule has 0 spiro atoms. The lowest BCUT2D eigenvalue weighted by Gasteiger charge is -2.08. The van der Waals surface area contributed by atoms with Gasteiger partial charge in [-0.15, -0.1) is 0 Å². The zero-order chi connectivity index (χ0) is 15.3. The van der Waals surface area contributed by atoms with Gasteiger partial charge in [0.1, 0.15) is 5.15 Å². The van der Waals surface area contributed by atoms with E-state index >= 15 is 0 Å². The Morgan fingerprint density at radius 1 is 1.05 bits per heavy atom. The van der Waals surface area contributed by atoms with Crippen molar-refractivity contribution in [2.24, 2.45) is 0 Å². The lowest BCUT2D eigenvalue weighted by atomic mass is 10.1. The maximum Gasteiger partial charge on any atom is 0.166 e. The van der Waals surface area contributed by atoms with E-state index in [1.54, 1.807) is 10.7 Å². The van der Waals surface area contributed by atoms with Gasteiger partial charge in [-0.1, -0.05) is 41.4 Å². The van der Waals surface area contributed by atoms with E-state index in [-0.39, 0.29) is 0 Å². The molecular formula is C16H10Cl2N4. The molecule has 1 aromatic carbocycles. The lowest BCUT2D eigenvalue weighted by molar-refractivity contribution is 0.939. The van der Waals surface area contributed by atoms with Crippen molar-refractivity contribution in [1.82, 2.24) is 19.6 Å². The van der Waals surface area contributed by atoms with Crippen molar-refractivity contribution in [1.29, 1.82) is 0 Å². The van der Waals surface area contributed by atoms with E-state index in [1.165, 1.54) is 0 Å². The van der Waals surface area contributed by atoms with Crippen LogP contribution in [0.15, 0.2) is 42.6 Å². The Morgan fingerprint density at radius 3 is 2.68 bits per heavy atom. The number of nitrogens with zero attached hydrogens (tertiary/aromatic N) is 4. The smallest absolute Gasteiger partial charge is 0.166 e. The number of pyridine rings is 1. The topological polar surface area (TPSA) is 43.1 Å². The predicted molar refractivity (Wildman–Crippen MR) is 88.5 cm³/mol. The van der Waals surface area contributed by atoms with Gasteiger partial charge in [0.25, 0.3) is 0 Å². The normalized spacial score (nSPS) is 11.4. The number of benzene rings is 1. The Morgan fingerprint density at radius 2 is 1.86 bits per heavy atom. The minimum atomic E-state index is 0.390. The van der Waals surface area contributed by atoms with Crippen LogP contribution in [0.2, 0.25) is 10.2 Å². The second kappa shape index (κ2) is 4.93. The van der Waals surface area contributed by atoms with Crippen LogP contribution in [0.3, 0.4) is 0 Å². The number of fused-ring (bicyclic) bond motifs is 3. The standard InChI is InChI=1S/C16H10Cl2N4/c1-9-6-14-19-8-10-7-12(11-4-2-3-5-13(11)17)15(18)20-16(10)22(14)21-9/h2-8H,1H3. The molecule has 4 rings (SSSR count). The van der Waals surface area contributed by atoms with Crippen molar-refractivity contribution in [2.75, 3.05) is 0 Å². The van der Waals surface area contributed by atoms with Crippen LogP contribution in [0, 0.1) is 6.92 Å². The number of halogens is 2. The first kappa shape index (κ1) is 13.5. The van der Waals surface area contributed by atoms with E-state index < -0.39 is 0 Å². The second-order valence-electron chi connectivity index (χ2n) is 5.03. The Balaban J connectivity index is 2.05. The van der Waals surface area contributed by atoms with Gasteiger partial charge in [0.15, 0.2) is 11.3 Å². The van der Waals surface area contributed by atoms with E-state index in [1.807, 2.05) is 43.3 Å². The van der Waals surface area contributed by atoms with Crippen LogP contribution in [0.4, 0.5) is 0 Å². The zero-order valence-corrected chi connectivity index (χ0v) is 13.1. The van der Waals surface area contributed by atoms with Crippen LogP contribution < -0.4 is 0 Å². The van der Waals surface area contributed by atoms with Crippen molar-refractivity contribution in [3.05, 3.63) is 58.5 Å². The molecule has 0 amide bonds. The van der Waals surface area contributed by atoms with Crippen LogP contribution in [0.25, 0.3) is 27.8 Å². The zero-order valence-electron chi connectivity index (χ0n) is 11.6. The first-order chi connectivity index (χ1) is 10.6. The largest absolute Gasteiger partial charge is 0.236 e. The Kier molecular flexibility index (Phi) is 3.03. The van der Waals surface area contributed by atoms with Crippen molar-refractivity contribution in [3.8, 4) is 11.1 Å². The number of hydrogen-bond acceptors (Lipinski definition) is 3. The second-order valence-corrected chi connectivity index (χ2v) is 5.80. The molecule has 6 heteroatoms. The van der Waals surface area contributed by atoms with Gasteiger partial charge in [-0.2, -0.15) is 9.61 Å². The average Bonchev–Trinajstić information content (AvgIpc) is 2.88. The van der Waals surface area contributed by atoms with E-state index in [2.05, 4.69) is 15.1 Å². The third-order valence-corrected chi connectivity index (χ3v) is 4.12. The van der Waals surface area contributed by atoms with Gasteiger partial charge in [-0.05, 0) is 19.1 Å². The molecule has 3 aromatic heterocycles. The number of hydrogen-bond donors (Lipinski definition) is 0. The highest BCUT2D eigenvalue weighted by Crippen LogP contribution is 2.34. The van der Waals surface area contributed by atoms with Gasteiger partial charge >= 0.3 is 0 Å². The average molecular weight is 329 g/mol. The van der Waals surface area contributed by atoms with Crippen LogP contribution in [-0.2, 0) is 0 Å². The van der Waals surface area contributed by atoms with Crippen molar-refractivity contribution < 1.29 is 0 Å². The Bertz CT molecular complexity index is 1020. The van der Waals surface area contributed by atoms with E-state index in [0.29, 0.717) is 15.8 Å². The molecule has 0 saturated heterocycles. The summed E-state index contributed by atoms with van der Waals surface area (Å²) in [5.41, 5.74) is 3.94. The molecule has 0 N–H and O–H groups in total. The van der Waals surface area contributed by atoms with Crippen LogP contribution in [0.5, 0.6) is 0 Å². The fourth-order valence-electron chi connectivity index (χ4n) is 2.50. The van der Waals surface area contributed by atoms with Gasteiger partial charge in [0.05, 0.1) is 5.69 Å². The Labute approximate surface area is 136 Å². The highest BCUT2D eigenvalue weighted by atomic mass is 35.5. The molecule has 0 aliphatic carbocycles. The lowest BCUT2D eigenvalue weighted by Crippen LogP contribution is -1.97. The summed E-state index contributed by atoms with van der Waals surface area (Å²) < 4.78 is 1.70. The molecule has 0 radical (unpaired) electrons. The molecule has 3 heterocycles. The molecule has 22 heavy (non-hydrogen) atoms. The summed E-state index contributed by atoms with van der Waals surface area (Å²) in [5.74, 6) is 0. The van der Waals surface area contributed by atoms with Crippen LogP contribution in [-0.4, -0.2) is 19.6 Å². The monoisotopic (exact) mass is 328 g/mol. The number of aryl methyl sites for hydroxylation is 1. The summed E-state index contributed by atoms with van der Waals surface area (Å²) >= 11 is 12.6. The fourth-order valence-corrected chi connectivity index (χ4v) is 2.97. The SMILES string of the molecule is Cc1cc2ncc3cc(-c4ccccc4Cl)c(Cl)nc3n2n1. The number of rotatable bonds is 1. The number of aromatic nitrogens is 4. The third kappa shape index (κ3) is 2.03. The molecule has 0 atom stereocenters. The van der Waals surface area contributed by atoms with Crippen molar-refractivity contribution in [3.63, 3.8) is 0 Å². The third-order valence-electron chi connectivity index (χ3n) is 3.50. The summed E-state index contributed by atoms with van der Waals surface area (Å²) in [5, 5.41) is 6.29. The molecule has 0 saturated carbocycles. The highest BCUT2D eigenvalue weighted by molar-refractivity contribution is 6.36. The van der Waals surface area contributed by atoms with E-state index in [4.69, 9.17) is 23.2 Å². The van der Waals surface area contributed by atoms with Crippen LogP contribution >= 0.6 is 23.2 Å². The fraction of sp³-hybridized carbons (Fsp3) is 0.0625. The molecule has 0 aliphatic rings. The molecule has 0 unspecified atom stereocenters. The van der Waals surface area contributed by atoms with Crippen molar-refractivity contribution >= 4 is 39.9 Å². The minimum Gasteiger partial charge on any atom is -0.236 e. The summed E-state index contributed by atoms with van der Waals surface area (Å²) in [4.78, 5) is 8.90. The van der Waals surface area contributed by atoms with E-state index in [9.17, 15) is 0 Å². The molecule has 4 aromatic rings. The van der Waals surface area contributed by atoms with Crippen LogP contribution in [0.1, 0.15) is 5.69 Å². The van der Waals surface area contributed by atoms with Gasteiger partial charge < -0.3 is 0 Å². The summed E-state index contributed by atoms with van der Waals surface area (Å²) in [7, 11) is 0. The summed E-state index contributed by atoms with van der Waals surface area (Å²) in [6.07, 6.45) is 1.77. The van der Waals surface area contributed by atoms with E-state index in [0.717, 1.165) is 27.9 Å². The maximum atomic E-state index is 6.39.